The van der Waals surface area contributed by atoms with E-state index in [0.29, 0.717) is 12.2 Å². The maximum atomic E-state index is 12.1. The van der Waals surface area contributed by atoms with Crippen molar-refractivity contribution >= 4 is 38.5 Å². The molecule has 0 spiro atoms. The first kappa shape index (κ1) is 20.1. The van der Waals surface area contributed by atoms with Crippen LogP contribution in [0.2, 0.25) is 0 Å². The van der Waals surface area contributed by atoms with Gasteiger partial charge in [0.15, 0.2) is 0 Å². The second-order valence-electron chi connectivity index (χ2n) is 6.29. The van der Waals surface area contributed by atoms with Crippen molar-refractivity contribution < 1.29 is 13.8 Å². The molecule has 0 radical (unpaired) electrons. The molecule has 2 N–H and O–H groups in total. The predicted molar refractivity (Wildman–Crippen MR) is 103 cm³/mol. The van der Waals surface area contributed by atoms with Gasteiger partial charge < -0.3 is 10.6 Å². The molecule has 0 bridgehead atoms. The van der Waals surface area contributed by atoms with Crippen LogP contribution in [0.5, 0.6) is 0 Å². The lowest BCUT2D eigenvalue weighted by atomic mass is 9.95. The summed E-state index contributed by atoms with van der Waals surface area (Å²) in [6.45, 7) is 0.0190. The second-order valence-corrected chi connectivity index (χ2v) is 8.77. The van der Waals surface area contributed by atoms with E-state index in [-0.39, 0.29) is 30.8 Å². The van der Waals surface area contributed by atoms with Gasteiger partial charge in [-0.1, -0.05) is 35.2 Å². The molecule has 0 aliphatic heterocycles. The smallest absolute Gasteiger partial charge is 0.239 e. The molecule has 25 heavy (non-hydrogen) atoms. The highest BCUT2D eigenvalue weighted by molar-refractivity contribution is 9.10. The third-order valence-corrected chi connectivity index (χ3v) is 6.21. The van der Waals surface area contributed by atoms with Gasteiger partial charge in [-0.3, -0.25) is 13.8 Å². The van der Waals surface area contributed by atoms with E-state index >= 15 is 0 Å². The van der Waals surface area contributed by atoms with Crippen LogP contribution in [0, 0.1) is 0 Å². The van der Waals surface area contributed by atoms with Crippen LogP contribution in [0.15, 0.2) is 33.6 Å². The zero-order chi connectivity index (χ0) is 18.1. The SMILES string of the molecule is O=C(CCCS(=O)c1ccc(Br)cc1)NCC(=O)NC1CCCCC1. The molecule has 1 aromatic carbocycles. The third kappa shape index (κ3) is 7.69. The van der Waals surface area contributed by atoms with Crippen LogP contribution in [0.3, 0.4) is 0 Å². The van der Waals surface area contributed by atoms with Crippen molar-refractivity contribution in [3.05, 3.63) is 28.7 Å². The van der Waals surface area contributed by atoms with Crippen LogP contribution in [-0.2, 0) is 20.4 Å². The Kier molecular flexibility index (Phi) is 8.61. The molecule has 1 aromatic rings. The molecule has 0 aromatic heterocycles. The van der Waals surface area contributed by atoms with Crippen molar-refractivity contribution in [3.63, 3.8) is 0 Å². The fraction of sp³-hybridized carbons (Fsp3) is 0.556. The average molecular weight is 429 g/mol. The summed E-state index contributed by atoms with van der Waals surface area (Å²) < 4.78 is 13.1. The zero-order valence-corrected chi connectivity index (χ0v) is 16.7. The minimum atomic E-state index is -1.11. The molecule has 0 heterocycles. The minimum Gasteiger partial charge on any atom is -0.352 e. The molecule has 2 amide bonds. The van der Waals surface area contributed by atoms with Gasteiger partial charge in [0.1, 0.15) is 0 Å². The van der Waals surface area contributed by atoms with Crippen LogP contribution >= 0.6 is 15.9 Å². The number of hydrogen-bond acceptors (Lipinski definition) is 3. The number of rotatable bonds is 8. The van der Waals surface area contributed by atoms with Crippen molar-refractivity contribution in [1.82, 2.24) is 10.6 Å². The standard InChI is InChI=1S/C18H25BrN2O3S/c19-14-8-10-16(11-9-14)25(24)12-4-7-17(22)20-13-18(23)21-15-5-2-1-3-6-15/h8-11,15H,1-7,12-13H2,(H,20,22)(H,21,23). The number of amides is 2. The van der Waals surface area contributed by atoms with Gasteiger partial charge in [0.05, 0.1) is 17.3 Å². The maximum absolute atomic E-state index is 12.1. The molecule has 1 unspecified atom stereocenters. The Morgan fingerprint density at radius 1 is 1.08 bits per heavy atom. The summed E-state index contributed by atoms with van der Waals surface area (Å²) in [5.41, 5.74) is 0. The van der Waals surface area contributed by atoms with Crippen molar-refractivity contribution in [2.75, 3.05) is 12.3 Å². The molecule has 5 nitrogen and oxygen atoms in total. The molecule has 0 saturated heterocycles. The molecule has 1 atom stereocenters. The summed E-state index contributed by atoms with van der Waals surface area (Å²) in [6.07, 6.45) is 6.42. The van der Waals surface area contributed by atoms with Crippen LogP contribution < -0.4 is 10.6 Å². The number of carbonyl (C=O) groups excluding carboxylic acids is 2. The Labute approximate surface area is 159 Å². The van der Waals surface area contributed by atoms with E-state index in [9.17, 15) is 13.8 Å². The van der Waals surface area contributed by atoms with Gasteiger partial charge >= 0.3 is 0 Å². The lowest BCUT2D eigenvalue weighted by Gasteiger charge is -2.22. The highest BCUT2D eigenvalue weighted by atomic mass is 79.9. The molecule has 1 aliphatic carbocycles. The maximum Gasteiger partial charge on any atom is 0.239 e. The van der Waals surface area contributed by atoms with E-state index in [1.54, 1.807) is 0 Å². The van der Waals surface area contributed by atoms with Gasteiger partial charge in [0.2, 0.25) is 11.8 Å². The van der Waals surface area contributed by atoms with Crippen LogP contribution in [0.1, 0.15) is 44.9 Å². The Hall–Kier alpha value is -1.21. The highest BCUT2D eigenvalue weighted by Crippen LogP contribution is 2.17. The number of halogens is 1. The molecule has 1 fully saturated rings. The van der Waals surface area contributed by atoms with Crippen LogP contribution in [0.4, 0.5) is 0 Å². The number of benzene rings is 1. The zero-order valence-electron chi connectivity index (χ0n) is 14.3. The first-order valence-electron chi connectivity index (χ1n) is 8.74. The molecule has 1 aliphatic rings. The van der Waals surface area contributed by atoms with E-state index < -0.39 is 10.8 Å². The molecular formula is C18H25BrN2O3S. The Bertz CT molecular complexity index is 601. The summed E-state index contributed by atoms with van der Waals surface area (Å²) in [7, 11) is -1.11. The summed E-state index contributed by atoms with van der Waals surface area (Å²) in [5.74, 6) is 0.133. The molecular weight excluding hydrogens is 404 g/mol. The monoisotopic (exact) mass is 428 g/mol. The number of hydrogen-bond donors (Lipinski definition) is 2. The van der Waals surface area contributed by atoms with Gasteiger partial charge in [-0.2, -0.15) is 0 Å². The van der Waals surface area contributed by atoms with Gasteiger partial charge in [-0.05, 0) is 43.5 Å². The molecule has 1 saturated carbocycles. The average Bonchev–Trinajstić information content (AvgIpc) is 2.61. The van der Waals surface area contributed by atoms with E-state index in [1.807, 2.05) is 24.3 Å². The lowest BCUT2D eigenvalue weighted by molar-refractivity contribution is -0.126. The fourth-order valence-electron chi connectivity index (χ4n) is 2.86. The molecule has 2 rings (SSSR count). The molecule has 138 valence electrons. The van der Waals surface area contributed by atoms with Crippen molar-refractivity contribution in [2.45, 2.75) is 55.9 Å². The fourth-order valence-corrected chi connectivity index (χ4v) is 4.21. The second kappa shape index (κ2) is 10.7. The largest absolute Gasteiger partial charge is 0.352 e. The van der Waals surface area contributed by atoms with E-state index in [2.05, 4.69) is 26.6 Å². The van der Waals surface area contributed by atoms with Crippen molar-refractivity contribution in [2.24, 2.45) is 0 Å². The van der Waals surface area contributed by atoms with Gasteiger partial charge in [-0.25, -0.2) is 0 Å². The quantitative estimate of drug-likeness (QED) is 0.668. The van der Waals surface area contributed by atoms with Gasteiger partial charge in [-0.15, -0.1) is 0 Å². The van der Waals surface area contributed by atoms with Gasteiger partial charge in [0.25, 0.3) is 0 Å². The summed E-state index contributed by atoms with van der Waals surface area (Å²) in [4.78, 5) is 24.4. The predicted octanol–water partition coefficient (Wildman–Crippen LogP) is 2.90. The first-order chi connectivity index (χ1) is 12.0. The van der Waals surface area contributed by atoms with Crippen molar-refractivity contribution in [3.8, 4) is 0 Å². The Morgan fingerprint density at radius 2 is 1.76 bits per heavy atom. The van der Waals surface area contributed by atoms with Crippen molar-refractivity contribution in [1.29, 1.82) is 0 Å². The Morgan fingerprint density at radius 3 is 2.44 bits per heavy atom. The van der Waals surface area contributed by atoms with Gasteiger partial charge in [0, 0.05) is 27.6 Å². The third-order valence-electron chi connectivity index (χ3n) is 4.23. The lowest BCUT2D eigenvalue weighted by Crippen LogP contribution is -2.42. The Balaban J connectivity index is 1.59. The number of nitrogens with one attached hydrogen (secondary N) is 2. The summed E-state index contributed by atoms with van der Waals surface area (Å²) in [5, 5.41) is 5.61. The summed E-state index contributed by atoms with van der Waals surface area (Å²) >= 11 is 3.34. The minimum absolute atomic E-state index is 0.0190. The highest BCUT2D eigenvalue weighted by Gasteiger charge is 2.16. The topological polar surface area (TPSA) is 75.3 Å². The van der Waals surface area contributed by atoms with E-state index in [1.165, 1.54) is 6.42 Å². The van der Waals surface area contributed by atoms with Crippen LogP contribution in [-0.4, -0.2) is 34.4 Å². The normalized spacial score (nSPS) is 16.2. The summed E-state index contributed by atoms with van der Waals surface area (Å²) in [6, 6.07) is 7.59. The van der Waals surface area contributed by atoms with E-state index in [4.69, 9.17) is 0 Å². The number of carbonyl (C=O) groups is 2. The first-order valence-corrected chi connectivity index (χ1v) is 10.9. The van der Waals surface area contributed by atoms with Crippen LogP contribution in [0.25, 0.3) is 0 Å². The molecule has 7 heteroatoms. The van der Waals surface area contributed by atoms with E-state index in [0.717, 1.165) is 35.1 Å².